The van der Waals surface area contributed by atoms with E-state index in [1.165, 1.54) is 25.3 Å². The van der Waals surface area contributed by atoms with E-state index in [9.17, 15) is 18.0 Å². The molecule has 0 heterocycles. The summed E-state index contributed by atoms with van der Waals surface area (Å²) < 4.78 is 37.2. The standard InChI is InChI=1S/C20H25N3O6S/c1-14-5-4-6-16(11-14)29-13-19(24)22-23-20(25)18-12-17(8-7-15(18)2)30(26,27)21-9-10-28-3/h4-8,11-12,21H,9-10,13H2,1-3H3,(H,22,24)(H,23,25). The molecule has 0 bridgehead atoms. The van der Waals surface area contributed by atoms with E-state index < -0.39 is 21.8 Å². The fraction of sp³-hybridized carbons (Fsp3) is 0.300. The summed E-state index contributed by atoms with van der Waals surface area (Å²) in [6, 6.07) is 11.4. The molecule has 0 aliphatic rings. The van der Waals surface area contributed by atoms with Crippen molar-refractivity contribution in [3.63, 3.8) is 0 Å². The number of amides is 2. The number of carbonyl (C=O) groups excluding carboxylic acids is 2. The van der Waals surface area contributed by atoms with Crippen LogP contribution in [-0.4, -0.2) is 47.1 Å². The van der Waals surface area contributed by atoms with Gasteiger partial charge in [0.25, 0.3) is 11.8 Å². The molecule has 2 aromatic rings. The quantitative estimate of drug-likeness (QED) is 0.400. The van der Waals surface area contributed by atoms with Crippen LogP contribution in [0.5, 0.6) is 5.75 Å². The zero-order valence-corrected chi connectivity index (χ0v) is 17.8. The minimum atomic E-state index is -3.80. The molecule has 0 radical (unpaired) electrons. The van der Waals surface area contributed by atoms with Crippen LogP contribution in [0, 0.1) is 13.8 Å². The maximum absolute atomic E-state index is 12.4. The normalized spacial score (nSPS) is 11.0. The minimum absolute atomic E-state index is 0.0662. The molecule has 3 N–H and O–H groups in total. The highest BCUT2D eigenvalue weighted by molar-refractivity contribution is 7.89. The summed E-state index contributed by atoms with van der Waals surface area (Å²) in [6.07, 6.45) is 0. The minimum Gasteiger partial charge on any atom is -0.484 e. The first-order chi connectivity index (χ1) is 14.2. The highest BCUT2D eigenvalue weighted by atomic mass is 32.2. The number of nitrogens with one attached hydrogen (secondary N) is 3. The smallest absolute Gasteiger partial charge is 0.276 e. The Morgan fingerprint density at radius 2 is 1.80 bits per heavy atom. The Bertz CT molecular complexity index is 1010. The second-order valence-corrected chi connectivity index (χ2v) is 8.24. The van der Waals surface area contributed by atoms with Gasteiger partial charge in [-0.15, -0.1) is 0 Å². The van der Waals surface area contributed by atoms with Crippen molar-refractivity contribution in [1.82, 2.24) is 15.6 Å². The molecule has 162 valence electrons. The van der Waals surface area contributed by atoms with Gasteiger partial charge < -0.3 is 9.47 Å². The fourth-order valence-corrected chi connectivity index (χ4v) is 3.50. The van der Waals surface area contributed by atoms with Crippen LogP contribution < -0.4 is 20.3 Å². The van der Waals surface area contributed by atoms with E-state index in [0.717, 1.165) is 5.56 Å². The van der Waals surface area contributed by atoms with Crippen molar-refractivity contribution in [3.8, 4) is 5.75 Å². The summed E-state index contributed by atoms with van der Waals surface area (Å²) in [5, 5.41) is 0. The first kappa shape index (κ1) is 23.3. The van der Waals surface area contributed by atoms with Crippen molar-refractivity contribution >= 4 is 21.8 Å². The van der Waals surface area contributed by atoms with E-state index in [2.05, 4.69) is 15.6 Å². The van der Waals surface area contributed by atoms with Crippen molar-refractivity contribution in [1.29, 1.82) is 0 Å². The Morgan fingerprint density at radius 1 is 1.03 bits per heavy atom. The van der Waals surface area contributed by atoms with Crippen LogP contribution in [0.2, 0.25) is 0 Å². The molecule has 2 amide bonds. The van der Waals surface area contributed by atoms with E-state index in [0.29, 0.717) is 11.3 Å². The fourth-order valence-electron chi connectivity index (χ4n) is 2.46. The van der Waals surface area contributed by atoms with Crippen molar-refractivity contribution in [3.05, 3.63) is 59.2 Å². The van der Waals surface area contributed by atoms with Crippen LogP contribution in [0.25, 0.3) is 0 Å². The first-order valence-corrected chi connectivity index (χ1v) is 10.6. The van der Waals surface area contributed by atoms with Crippen LogP contribution in [0.3, 0.4) is 0 Å². The maximum Gasteiger partial charge on any atom is 0.276 e. The lowest BCUT2D eigenvalue weighted by Crippen LogP contribution is -2.44. The van der Waals surface area contributed by atoms with Crippen LogP contribution in [-0.2, 0) is 19.6 Å². The van der Waals surface area contributed by atoms with Crippen LogP contribution in [0.15, 0.2) is 47.4 Å². The monoisotopic (exact) mass is 435 g/mol. The van der Waals surface area contributed by atoms with Gasteiger partial charge in [0.2, 0.25) is 10.0 Å². The van der Waals surface area contributed by atoms with Gasteiger partial charge >= 0.3 is 0 Å². The number of aryl methyl sites for hydroxylation is 2. The van der Waals surface area contributed by atoms with Crippen molar-refractivity contribution in [2.24, 2.45) is 0 Å². The number of hydrazine groups is 1. The maximum atomic E-state index is 12.4. The Morgan fingerprint density at radius 3 is 2.50 bits per heavy atom. The number of carbonyl (C=O) groups is 2. The summed E-state index contributed by atoms with van der Waals surface area (Å²) in [5.41, 5.74) is 6.17. The number of benzene rings is 2. The molecule has 0 saturated carbocycles. The second-order valence-electron chi connectivity index (χ2n) is 6.47. The number of sulfonamides is 1. The highest BCUT2D eigenvalue weighted by Crippen LogP contribution is 2.15. The Balaban J connectivity index is 1.96. The van der Waals surface area contributed by atoms with Gasteiger partial charge in [0.05, 0.1) is 11.5 Å². The van der Waals surface area contributed by atoms with Gasteiger partial charge in [-0.05, 0) is 49.2 Å². The first-order valence-electron chi connectivity index (χ1n) is 9.11. The molecule has 2 rings (SSSR count). The Labute approximate surface area is 175 Å². The van der Waals surface area contributed by atoms with Crippen molar-refractivity contribution in [2.45, 2.75) is 18.7 Å². The molecule has 0 unspecified atom stereocenters. The molecule has 0 aromatic heterocycles. The van der Waals surface area contributed by atoms with Gasteiger partial charge in [0.15, 0.2) is 6.61 Å². The molecule has 2 aromatic carbocycles. The van der Waals surface area contributed by atoms with Gasteiger partial charge in [0, 0.05) is 19.2 Å². The van der Waals surface area contributed by atoms with E-state index in [1.54, 1.807) is 25.1 Å². The average Bonchev–Trinajstić information content (AvgIpc) is 2.71. The molecular weight excluding hydrogens is 410 g/mol. The molecule has 0 spiro atoms. The molecule has 10 heteroatoms. The van der Waals surface area contributed by atoms with E-state index >= 15 is 0 Å². The topological polar surface area (TPSA) is 123 Å². The number of hydrogen-bond acceptors (Lipinski definition) is 6. The summed E-state index contributed by atoms with van der Waals surface area (Å²) in [4.78, 5) is 24.3. The molecule has 0 aliphatic heterocycles. The lowest BCUT2D eigenvalue weighted by molar-refractivity contribution is -0.123. The van der Waals surface area contributed by atoms with Crippen molar-refractivity contribution in [2.75, 3.05) is 26.9 Å². The van der Waals surface area contributed by atoms with Crippen LogP contribution in [0.1, 0.15) is 21.5 Å². The molecule has 30 heavy (non-hydrogen) atoms. The molecule has 0 atom stereocenters. The molecule has 0 aliphatic carbocycles. The van der Waals surface area contributed by atoms with E-state index in [-0.39, 0.29) is 30.2 Å². The highest BCUT2D eigenvalue weighted by Gasteiger charge is 2.18. The predicted octanol–water partition coefficient (Wildman–Crippen LogP) is 1.07. The summed E-state index contributed by atoms with van der Waals surface area (Å²) >= 11 is 0. The van der Waals surface area contributed by atoms with Gasteiger partial charge in [-0.2, -0.15) is 0 Å². The van der Waals surface area contributed by atoms with E-state index in [4.69, 9.17) is 9.47 Å². The number of methoxy groups -OCH3 is 1. The Hall–Kier alpha value is -2.95. The number of ether oxygens (including phenoxy) is 2. The van der Waals surface area contributed by atoms with Gasteiger partial charge in [0.1, 0.15) is 5.75 Å². The third-order valence-electron chi connectivity index (χ3n) is 4.04. The average molecular weight is 436 g/mol. The number of rotatable bonds is 9. The molecule has 9 nitrogen and oxygen atoms in total. The largest absolute Gasteiger partial charge is 0.484 e. The number of hydrogen-bond donors (Lipinski definition) is 3. The molecule has 0 fully saturated rings. The molecular formula is C20H25N3O6S. The summed E-state index contributed by atoms with van der Waals surface area (Å²) in [7, 11) is -2.34. The third-order valence-corrected chi connectivity index (χ3v) is 5.50. The zero-order valence-electron chi connectivity index (χ0n) is 17.0. The van der Waals surface area contributed by atoms with Gasteiger partial charge in [-0.3, -0.25) is 20.4 Å². The van der Waals surface area contributed by atoms with Gasteiger partial charge in [-0.1, -0.05) is 18.2 Å². The van der Waals surface area contributed by atoms with E-state index in [1.807, 2.05) is 13.0 Å². The van der Waals surface area contributed by atoms with Crippen LogP contribution in [0.4, 0.5) is 0 Å². The Kier molecular flexibility index (Phi) is 8.34. The predicted molar refractivity (Wildman–Crippen MR) is 111 cm³/mol. The summed E-state index contributed by atoms with van der Waals surface area (Å²) in [5.74, 6) is -0.677. The van der Waals surface area contributed by atoms with Gasteiger partial charge in [-0.25, -0.2) is 13.1 Å². The third kappa shape index (κ3) is 6.83. The SMILES string of the molecule is COCCNS(=O)(=O)c1ccc(C)c(C(=O)NNC(=O)COc2cccc(C)c2)c1. The zero-order chi connectivity index (χ0) is 22.1. The lowest BCUT2D eigenvalue weighted by Gasteiger charge is -2.12. The lowest BCUT2D eigenvalue weighted by atomic mass is 10.1. The summed E-state index contributed by atoms with van der Waals surface area (Å²) in [6.45, 7) is 3.59. The van der Waals surface area contributed by atoms with Crippen LogP contribution >= 0.6 is 0 Å². The molecule has 0 saturated heterocycles. The van der Waals surface area contributed by atoms with Crippen molar-refractivity contribution < 1.29 is 27.5 Å². The second kappa shape index (κ2) is 10.7.